The van der Waals surface area contributed by atoms with Crippen LogP contribution in [0.15, 0.2) is 93.4 Å². The van der Waals surface area contributed by atoms with Crippen molar-refractivity contribution < 1.29 is 25.9 Å². The zero-order valence-electron chi connectivity index (χ0n) is 28.6. The molecule has 0 amide bonds. The van der Waals surface area contributed by atoms with Gasteiger partial charge in [-0.15, -0.1) is 22.7 Å². The molecule has 2 aliphatic carbocycles. The van der Waals surface area contributed by atoms with Gasteiger partial charge in [0.1, 0.15) is 8.42 Å². The van der Waals surface area contributed by atoms with E-state index >= 15 is 0 Å². The molecule has 6 aromatic rings. The van der Waals surface area contributed by atoms with Crippen LogP contribution in [0.5, 0.6) is 0 Å². The van der Waals surface area contributed by atoms with E-state index in [4.69, 9.17) is 10.2 Å². The van der Waals surface area contributed by atoms with Crippen molar-refractivity contribution in [2.75, 3.05) is 0 Å². The standard InChI is InChI=1S/C39H36N4O6S4/c44-52(45,46)34-22-28-18-20-30-32(40-42(36(30)38(28)50-34)24-26-12-6-4-7-13-26)16-10-2-1-3-11-17-33-31-21-19-29-23-35(53(47,48)49)51-39(29)37(31)43(41-33)25-27-14-8-5-9-15-27/h4-17,22-23H,1-3,18-21,24-25H2,(H,44,45,46)(H,47,48,49)/b16-10+,17-11+. The Morgan fingerprint density at radius 1 is 0.623 bits per heavy atom. The Morgan fingerprint density at radius 3 is 1.43 bits per heavy atom. The molecule has 10 nitrogen and oxygen atoms in total. The van der Waals surface area contributed by atoms with Crippen LogP contribution in [0.2, 0.25) is 0 Å². The number of fused-ring (bicyclic) bond motifs is 6. The summed E-state index contributed by atoms with van der Waals surface area (Å²) >= 11 is 2.19. The summed E-state index contributed by atoms with van der Waals surface area (Å²) in [4.78, 5) is 1.68. The summed E-state index contributed by atoms with van der Waals surface area (Å²) in [6.45, 7) is 1.08. The van der Waals surface area contributed by atoms with Crippen molar-refractivity contribution >= 4 is 55.1 Å². The maximum atomic E-state index is 12.0. The molecule has 0 atom stereocenters. The number of rotatable bonds is 12. The van der Waals surface area contributed by atoms with E-state index in [1.54, 1.807) is 12.1 Å². The Kier molecular flexibility index (Phi) is 9.68. The molecule has 8 rings (SSSR count). The fourth-order valence-electron chi connectivity index (χ4n) is 7.14. The Labute approximate surface area is 316 Å². The molecule has 0 saturated heterocycles. The molecule has 0 unspecified atom stereocenters. The van der Waals surface area contributed by atoms with Crippen molar-refractivity contribution in [3.05, 3.63) is 130 Å². The first-order chi connectivity index (χ1) is 25.5. The minimum atomic E-state index is -4.30. The van der Waals surface area contributed by atoms with Gasteiger partial charge >= 0.3 is 20.2 Å². The highest BCUT2D eigenvalue weighted by atomic mass is 32.3. The Bertz CT molecular complexity index is 2420. The number of hydrogen-bond acceptors (Lipinski definition) is 8. The van der Waals surface area contributed by atoms with E-state index in [-0.39, 0.29) is 8.42 Å². The topological polar surface area (TPSA) is 144 Å². The predicted octanol–water partition coefficient (Wildman–Crippen LogP) is 8.22. The Morgan fingerprint density at radius 2 is 1.04 bits per heavy atom. The van der Waals surface area contributed by atoms with Gasteiger partial charge in [0.05, 0.1) is 45.6 Å². The van der Waals surface area contributed by atoms with E-state index in [1.165, 1.54) is 0 Å². The molecule has 272 valence electrons. The van der Waals surface area contributed by atoms with Gasteiger partial charge < -0.3 is 0 Å². The van der Waals surface area contributed by atoms with Crippen molar-refractivity contribution in [3.8, 4) is 21.1 Å². The number of allylic oxidation sites excluding steroid dienone is 2. The van der Waals surface area contributed by atoms with E-state index in [2.05, 4.69) is 24.3 Å². The third kappa shape index (κ3) is 7.39. The van der Waals surface area contributed by atoms with E-state index in [0.717, 1.165) is 121 Å². The smallest absolute Gasteiger partial charge is 0.281 e. The summed E-state index contributed by atoms with van der Waals surface area (Å²) in [5.74, 6) is 0. The van der Waals surface area contributed by atoms with Gasteiger partial charge in [0, 0.05) is 11.1 Å². The second kappa shape index (κ2) is 14.4. The first-order valence-corrected chi connectivity index (χ1v) is 21.9. The number of aromatic nitrogens is 4. The summed E-state index contributed by atoms with van der Waals surface area (Å²) in [5, 5.41) is 9.98. The molecule has 0 bridgehead atoms. The molecule has 2 aliphatic rings. The van der Waals surface area contributed by atoms with Crippen molar-refractivity contribution in [2.45, 2.75) is 66.5 Å². The van der Waals surface area contributed by atoms with Crippen molar-refractivity contribution in [1.29, 1.82) is 0 Å². The fraction of sp³-hybridized carbons (Fsp3) is 0.231. The maximum Gasteiger partial charge on any atom is 0.304 e. The molecule has 14 heteroatoms. The second-order valence-electron chi connectivity index (χ2n) is 13.2. The van der Waals surface area contributed by atoms with Gasteiger partial charge in [-0.2, -0.15) is 27.0 Å². The molecular weight excluding hydrogens is 749 g/mol. The third-order valence-electron chi connectivity index (χ3n) is 9.61. The first-order valence-electron chi connectivity index (χ1n) is 17.3. The molecule has 4 aromatic heterocycles. The maximum absolute atomic E-state index is 12.0. The lowest BCUT2D eigenvalue weighted by Crippen LogP contribution is -2.07. The average molecular weight is 785 g/mol. The lowest BCUT2D eigenvalue weighted by Gasteiger charge is -2.15. The van der Waals surface area contributed by atoms with Gasteiger partial charge in [-0.3, -0.25) is 18.5 Å². The Hall–Kier alpha value is -4.44. The first kappa shape index (κ1) is 35.6. The van der Waals surface area contributed by atoms with Crippen molar-refractivity contribution in [1.82, 2.24) is 19.6 Å². The molecule has 2 N–H and O–H groups in total. The van der Waals surface area contributed by atoms with Crippen LogP contribution in [-0.4, -0.2) is 45.5 Å². The van der Waals surface area contributed by atoms with Crippen LogP contribution in [0.4, 0.5) is 0 Å². The molecular formula is C39H36N4O6S4. The van der Waals surface area contributed by atoms with Gasteiger partial charge in [-0.1, -0.05) is 72.8 Å². The largest absolute Gasteiger partial charge is 0.304 e. The summed E-state index contributed by atoms with van der Waals surface area (Å²) in [5.41, 5.74) is 9.75. The zero-order chi connectivity index (χ0) is 36.7. The lowest BCUT2D eigenvalue weighted by molar-refractivity contribution is 0.483. The number of benzene rings is 2. The van der Waals surface area contributed by atoms with Crippen LogP contribution in [0.1, 0.15) is 64.0 Å². The van der Waals surface area contributed by atoms with Crippen LogP contribution in [-0.2, 0) is 59.0 Å². The highest BCUT2D eigenvalue weighted by Crippen LogP contribution is 2.44. The number of hydrogen-bond donors (Lipinski definition) is 2. The van der Waals surface area contributed by atoms with Gasteiger partial charge in [-0.05, 0) is 91.5 Å². The van der Waals surface area contributed by atoms with Crippen LogP contribution >= 0.6 is 22.7 Å². The molecule has 0 spiro atoms. The van der Waals surface area contributed by atoms with E-state index in [9.17, 15) is 25.9 Å². The van der Waals surface area contributed by atoms with Crippen molar-refractivity contribution in [3.63, 3.8) is 0 Å². The third-order valence-corrected chi connectivity index (χ3v) is 14.6. The molecule has 0 aliphatic heterocycles. The summed E-state index contributed by atoms with van der Waals surface area (Å²) in [6.07, 6.45) is 13.8. The number of thiophene rings is 2. The Balaban J connectivity index is 0.996. The van der Waals surface area contributed by atoms with Crippen LogP contribution in [0.3, 0.4) is 0 Å². The zero-order valence-corrected chi connectivity index (χ0v) is 31.8. The van der Waals surface area contributed by atoms with Gasteiger partial charge in [0.15, 0.2) is 0 Å². The monoisotopic (exact) mass is 784 g/mol. The van der Waals surface area contributed by atoms with E-state index in [0.29, 0.717) is 25.9 Å². The van der Waals surface area contributed by atoms with Crippen LogP contribution < -0.4 is 0 Å². The SMILES string of the molecule is O=S(=O)(O)c1cc2c(s1)-c1c(c(/C=C/CCC/C=C/c3nn(Cc4ccccc4)c4c3CCc3cc(S(=O)(=O)O)sc3-4)nn1Cc1ccccc1)CC2. The molecule has 0 saturated carbocycles. The molecule has 4 heterocycles. The van der Waals surface area contributed by atoms with Gasteiger partial charge in [0.2, 0.25) is 0 Å². The van der Waals surface area contributed by atoms with Gasteiger partial charge in [-0.25, -0.2) is 0 Å². The quantitative estimate of drug-likeness (QED) is 0.0934. The summed E-state index contributed by atoms with van der Waals surface area (Å²) in [6, 6.07) is 23.2. The van der Waals surface area contributed by atoms with Crippen LogP contribution in [0, 0.1) is 0 Å². The second-order valence-corrected chi connectivity index (χ2v) is 18.6. The fourth-order valence-corrected chi connectivity index (χ4v) is 11.1. The minimum Gasteiger partial charge on any atom is -0.281 e. The molecule has 0 fully saturated rings. The van der Waals surface area contributed by atoms with Gasteiger partial charge in [0.25, 0.3) is 0 Å². The van der Waals surface area contributed by atoms with Crippen LogP contribution in [0.25, 0.3) is 33.3 Å². The molecule has 0 radical (unpaired) electrons. The minimum absolute atomic E-state index is 0.0426. The molecule has 53 heavy (non-hydrogen) atoms. The summed E-state index contributed by atoms with van der Waals surface area (Å²) < 4.78 is 71.2. The number of nitrogens with zero attached hydrogens (tertiary/aromatic N) is 4. The highest BCUT2D eigenvalue weighted by molar-refractivity contribution is 7.88. The lowest BCUT2D eigenvalue weighted by atomic mass is 9.94. The number of unbranched alkanes of at least 4 members (excludes halogenated alkanes) is 2. The number of aryl methyl sites for hydroxylation is 2. The van der Waals surface area contributed by atoms with E-state index in [1.807, 2.05) is 70.0 Å². The summed E-state index contributed by atoms with van der Waals surface area (Å²) in [7, 11) is -8.61. The predicted molar refractivity (Wildman–Crippen MR) is 209 cm³/mol. The van der Waals surface area contributed by atoms with E-state index < -0.39 is 20.2 Å². The highest BCUT2D eigenvalue weighted by Gasteiger charge is 2.30. The normalized spacial score (nSPS) is 14.1. The molecule has 2 aromatic carbocycles. The average Bonchev–Trinajstić information content (AvgIpc) is 3.91. The van der Waals surface area contributed by atoms with Crippen molar-refractivity contribution in [2.24, 2.45) is 0 Å².